The second kappa shape index (κ2) is 11.4. The average Bonchev–Trinajstić information content (AvgIpc) is 2.94. The molecule has 3 N–H and O–H groups in total. The van der Waals surface area contributed by atoms with Crippen molar-refractivity contribution in [3.05, 3.63) is 81.9 Å². The topological polar surface area (TPSA) is 137 Å². The van der Waals surface area contributed by atoms with Crippen molar-refractivity contribution in [1.29, 1.82) is 0 Å². The lowest BCUT2D eigenvalue weighted by molar-refractivity contribution is -0.123. The van der Waals surface area contributed by atoms with E-state index in [1.807, 2.05) is 36.4 Å². The highest BCUT2D eigenvalue weighted by molar-refractivity contribution is 7.89. The van der Waals surface area contributed by atoms with Crippen LogP contribution in [0.3, 0.4) is 0 Å². The molecule has 0 saturated heterocycles. The maximum Gasteiger partial charge on any atom is 0.257 e. The van der Waals surface area contributed by atoms with E-state index in [2.05, 4.69) is 5.32 Å². The molecule has 0 aromatic heterocycles. The van der Waals surface area contributed by atoms with E-state index in [0.717, 1.165) is 16.7 Å². The van der Waals surface area contributed by atoms with E-state index in [9.17, 15) is 18.0 Å². The molecule has 10 nitrogen and oxygen atoms in total. The van der Waals surface area contributed by atoms with Gasteiger partial charge in [-0.3, -0.25) is 9.59 Å². The fraction of sp³-hybridized carbons (Fsp3) is 0.333. The highest BCUT2D eigenvalue weighted by Gasteiger charge is 2.35. The van der Waals surface area contributed by atoms with Crippen LogP contribution in [0.2, 0.25) is 0 Å². The molecule has 216 valence electrons. The van der Waals surface area contributed by atoms with Gasteiger partial charge >= 0.3 is 0 Å². The third-order valence-corrected chi connectivity index (χ3v) is 8.57. The summed E-state index contributed by atoms with van der Waals surface area (Å²) in [7, 11) is -2.52. The number of aryl methyl sites for hydroxylation is 1. The minimum Gasteiger partial charge on any atom is -0.494 e. The Morgan fingerprint density at radius 3 is 2.68 bits per heavy atom. The van der Waals surface area contributed by atoms with Crippen LogP contribution in [0.15, 0.2) is 53.4 Å². The van der Waals surface area contributed by atoms with Crippen molar-refractivity contribution in [3.8, 4) is 17.2 Å². The lowest BCUT2D eigenvalue weighted by Gasteiger charge is -2.38. The second-order valence-corrected chi connectivity index (χ2v) is 11.8. The average molecular weight is 580 g/mol. The van der Waals surface area contributed by atoms with Gasteiger partial charge in [-0.2, -0.15) is 0 Å². The van der Waals surface area contributed by atoms with Crippen LogP contribution >= 0.6 is 0 Å². The first-order valence-electron chi connectivity index (χ1n) is 13.3. The summed E-state index contributed by atoms with van der Waals surface area (Å²) in [5.74, 6) is 0.926. The first-order chi connectivity index (χ1) is 19.6. The molecule has 1 atom stereocenters. The van der Waals surface area contributed by atoms with Crippen molar-refractivity contribution < 1.29 is 32.2 Å². The van der Waals surface area contributed by atoms with E-state index in [4.69, 9.17) is 19.3 Å². The number of hydrogen-bond acceptors (Lipinski definition) is 7. The number of rotatable bonds is 3. The van der Waals surface area contributed by atoms with Crippen LogP contribution in [0.25, 0.3) is 0 Å². The Balaban J connectivity index is 1.65. The van der Waals surface area contributed by atoms with Gasteiger partial charge in [0, 0.05) is 18.7 Å². The van der Waals surface area contributed by atoms with Gasteiger partial charge in [0.05, 0.1) is 24.7 Å². The minimum atomic E-state index is -4.04. The number of carbonyl (C=O) groups excluding carboxylic acids is 2. The standard InChI is InChI=1S/C30H33N3O7S/c1-18-12-22(15-27(19(18)2)41(31,36)37)30(35)33-10-8-20-14-26-25(38-3)16-24(20)29(33)21-6-4-7-23(13-21)39-11-5-9-32-28(34)17-40-26/h4,6-7,12-16,29H,5,8-11,17H2,1-3H3,(H,32,34)(H2,31,36,37). The van der Waals surface area contributed by atoms with Gasteiger partial charge in [-0.25, -0.2) is 13.6 Å². The van der Waals surface area contributed by atoms with Crippen molar-refractivity contribution in [2.24, 2.45) is 5.14 Å². The minimum absolute atomic E-state index is 0.0702. The predicted molar refractivity (Wildman–Crippen MR) is 152 cm³/mol. The van der Waals surface area contributed by atoms with Crippen molar-refractivity contribution in [1.82, 2.24) is 10.2 Å². The van der Waals surface area contributed by atoms with Gasteiger partial charge in [0.2, 0.25) is 10.0 Å². The van der Waals surface area contributed by atoms with Gasteiger partial charge < -0.3 is 24.4 Å². The zero-order valence-electron chi connectivity index (χ0n) is 23.2. The molecule has 6 bridgehead atoms. The molecule has 0 saturated carbocycles. The SMILES string of the molecule is COc1cc2c3cc1OCC(=O)NCCCOc1cccc(c1)C2N(C(=O)c1cc(C)c(C)c(S(N)(=O)=O)c1)CC3. The molecule has 3 aliphatic heterocycles. The van der Waals surface area contributed by atoms with Crippen molar-refractivity contribution in [2.45, 2.75) is 37.6 Å². The maximum absolute atomic E-state index is 14.2. The Morgan fingerprint density at radius 1 is 1.12 bits per heavy atom. The lowest BCUT2D eigenvalue weighted by atomic mass is 9.87. The van der Waals surface area contributed by atoms with E-state index in [1.165, 1.54) is 13.2 Å². The second-order valence-electron chi connectivity index (χ2n) is 10.2. The van der Waals surface area contributed by atoms with Crippen molar-refractivity contribution in [2.75, 3.05) is 33.4 Å². The lowest BCUT2D eigenvalue weighted by Crippen LogP contribution is -2.41. The molecule has 0 spiro atoms. The molecule has 0 radical (unpaired) electrons. The number of nitrogens with zero attached hydrogens (tertiary/aromatic N) is 1. The molecule has 1 unspecified atom stereocenters. The number of amides is 2. The van der Waals surface area contributed by atoms with Crippen molar-refractivity contribution >= 4 is 21.8 Å². The molecule has 3 aromatic carbocycles. The Labute approximate surface area is 239 Å². The Morgan fingerprint density at radius 2 is 1.93 bits per heavy atom. The quantitative estimate of drug-likeness (QED) is 0.487. The molecule has 11 heteroatoms. The summed E-state index contributed by atoms with van der Waals surface area (Å²) in [5.41, 5.74) is 3.99. The highest BCUT2D eigenvalue weighted by atomic mass is 32.2. The normalized spacial score (nSPS) is 17.3. The number of benzene rings is 3. The van der Waals surface area contributed by atoms with Crippen LogP contribution in [0, 0.1) is 13.8 Å². The van der Waals surface area contributed by atoms with E-state index in [0.29, 0.717) is 60.9 Å². The number of ether oxygens (including phenoxy) is 3. The molecule has 3 aromatic rings. The van der Waals surface area contributed by atoms with Crippen LogP contribution in [-0.4, -0.2) is 58.5 Å². The number of nitrogens with two attached hydrogens (primary N) is 1. The third kappa shape index (κ3) is 5.86. The largest absolute Gasteiger partial charge is 0.494 e. The van der Waals surface area contributed by atoms with Gasteiger partial charge in [0.1, 0.15) is 5.75 Å². The summed E-state index contributed by atoms with van der Waals surface area (Å²) in [6, 6.07) is 13.8. The van der Waals surface area contributed by atoms with Gasteiger partial charge in [-0.05, 0) is 90.9 Å². The first kappa shape index (κ1) is 28.4. The molecule has 3 aliphatic rings. The van der Waals surface area contributed by atoms with E-state index in [-0.39, 0.29) is 28.9 Å². The molecular weight excluding hydrogens is 546 g/mol. The fourth-order valence-corrected chi connectivity index (χ4v) is 6.23. The summed E-state index contributed by atoms with van der Waals surface area (Å²) in [4.78, 5) is 28.1. The summed E-state index contributed by atoms with van der Waals surface area (Å²) in [6.45, 7) is 4.44. The number of carbonyl (C=O) groups is 2. The number of hydrogen-bond donors (Lipinski definition) is 2. The molecular formula is C30H33N3O7S. The number of sulfonamides is 1. The van der Waals surface area contributed by atoms with E-state index in [1.54, 1.807) is 24.8 Å². The summed E-state index contributed by atoms with van der Waals surface area (Å²) in [6.07, 6.45) is 1.11. The van der Waals surface area contributed by atoms with Crippen LogP contribution in [-0.2, 0) is 21.2 Å². The van der Waals surface area contributed by atoms with Crippen molar-refractivity contribution in [3.63, 3.8) is 0 Å². The monoisotopic (exact) mass is 579 g/mol. The van der Waals surface area contributed by atoms with Gasteiger partial charge in [0.15, 0.2) is 18.1 Å². The zero-order valence-corrected chi connectivity index (χ0v) is 24.0. The molecule has 3 heterocycles. The molecule has 41 heavy (non-hydrogen) atoms. The summed E-state index contributed by atoms with van der Waals surface area (Å²) in [5, 5.41) is 8.31. The third-order valence-electron chi connectivity index (χ3n) is 7.53. The summed E-state index contributed by atoms with van der Waals surface area (Å²) < 4.78 is 42.1. The van der Waals surface area contributed by atoms with Crippen LogP contribution in [0.4, 0.5) is 0 Å². The fourth-order valence-electron chi connectivity index (χ4n) is 5.35. The molecule has 6 rings (SSSR count). The van der Waals surface area contributed by atoms with Crippen LogP contribution in [0.1, 0.15) is 50.6 Å². The molecule has 0 aliphatic carbocycles. The van der Waals surface area contributed by atoms with Gasteiger partial charge in [-0.1, -0.05) is 12.1 Å². The molecule has 0 fully saturated rings. The van der Waals surface area contributed by atoms with E-state index >= 15 is 0 Å². The number of nitrogens with one attached hydrogen (secondary N) is 1. The predicted octanol–water partition coefficient (Wildman–Crippen LogP) is 3.02. The molecule has 2 amide bonds. The van der Waals surface area contributed by atoms with Crippen LogP contribution in [0.5, 0.6) is 17.2 Å². The van der Waals surface area contributed by atoms with Gasteiger partial charge in [0.25, 0.3) is 11.8 Å². The Hall–Kier alpha value is -4.09. The summed E-state index contributed by atoms with van der Waals surface area (Å²) >= 11 is 0. The Kier molecular flexibility index (Phi) is 7.92. The number of fused-ring (bicyclic) bond motifs is 8. The Bertz CT molecular complexity index is 1620. The number of primary sulfonamides is 1. The smallest absolute Gasteiger partial charge is 0.257 e. The number of methoxy groups -OCH3 is 1. The van der Waals surface area contributed by atoms with Gasteiger partial charge in [-0.15, -0.1) is 0 Å². The maximum atomic E-state index is 14.2. The van der Waals surface area contributed by atoms with E-state index < -0.39 is 16.1 Å². The first-order valence-corrected chi connectivity index (χ1v) is 14.9. The van der Waals surface area contributed by atoms with Crippen LogP contribution < -0.4 is 24.7 Å². The highest BCUT2D eigenvalue weighted by Crippen LogP contribution is 2.42. The zero-order chi connectivity index (χ0) is 29.3.